The van der Waals surface area contributed by atoms with Crippen LogP contribution in [0.2, 0.25) is 0 Å². The Labute approximate surface area is 152 Å². The summed E-state index contributed by atoms with van der Waals surface area (Å²) >= 11 is 0. The van der Waals surface area contributed by atoms with Crippen molar-refractivity contribution in [1.82, 2.24) is 20.2 Å². The molecule has 1 aromatic carbocycles. The number of aromatic nitrogens is 2. The molecular formula is C20H22N4O2. The third-order valence-corrected chi connectivity index (χ3v) is 4.99. The lowest BCUT2D eigenvalue weighted by Gasteiger charge is -2.33. The van der Waals surface area contributed by atoms with Crippen LogP contribution in [0, 0.1) is 5.92 Å². The van der Waals surface area contributed by atoms with Gasteiger partial charge in [0.2, 0.25) is 5.91 Å². The van der Waals surface area contributed by atoms with Gasteiger partial charge in [0.25, 0.3) is 5.91 Å². The van der Waals surface area contributed by atoms with Crippen LogP contribution in [-0.4, -0.2) is 45.8 Å². The van der Waals surface area contributed by atoms with Crippen molar-refractivity contribution >= 4 is 11.8 Å². The van der Waals surface area contributed by atoms with Crippen molar-refractivity contribution in [2.75, 3.05) is 13.1 Å². The minimum Gasteiger partial charge on any atom is -0.317 e. The molecule has 0 atom stereocenters. The first-order chi connectivity index (χ1) is 12.7. The van der Waals surface area contributed by atoms with E-state index in [2.05, 4.69) is 15.3 Å². The fraction of sp³-hybridized carbons (Fsp3) is 0.400. The number of piperidine rings is 1. The van der Waals surface area contributed by atoms with Crippen LogP contribution in [0.25, 0.3) is 11.4 Å². The van der Waals surface area contributed by atoms with Crippen LogP contribution < -0.4 is 5.32 Å². The van der Waals surface area contributed by atoms with Crippen LogP contribution in [0.15, 0.2) is 42.7 Å². The van der Waals surface area contributed by atoms with E-state index in [0.29, 0.717) is 11.4 Å². The number of amides is 2. The van der Waals surface area contributed by atoms with E-state index >= 15 is 0 Å². The number of hydrogen-bond donors (Lipinski definition) is 1. The molecule has 6 nitrogen and oxygen atoms in total. The molecule has 134 valence electrons. The smallest absolute Gasteiger partial charge is 0.263 e. The zero-order valence-corrected chi connectivity index (χ0v) is 14.6. The normalized spacial score (nSPS) is 17.7. The first-order valence-electron chi connectivity index (χ1n) is 9.19. The molecule has 2 fully saturated rings. The molecule has 1 saturated carbocycles. The highest BCUT2D eigenvalue weighted by molar-refractivity contribution is 6.05. The highest BCUT2D eigenvalue weighted by Gasteiger charge is 2.40. The number of nitrogens with zero attached hydrogens (tertiary/aromatic N) is 3. The van der Waals surface area contributed by atoms with Crippen LogP contribution in [0.4, 0.5) is 0 Å². The maximum Gasteiger partial charge on any atom is 0.263 e. The maximum atomic E-state index is 13.1. The van der Waals surface area contributed by atoms with Gasteiger partial charge in [-0.05, 0) is 38.8 Å². The fourth-order valence-corrected chi connectivity index (χ4v) is 3.35. The molecule has 1 saturated heterocycles. The lowest BCUT2D eigenvalue weighted by atomic mass is 10.0. The number of carbonyl (C=O) groups excluding carboxylic acids is 2. The summed E-state index contributed by atoms with van der Waals surface area (Å²) in [6.07, 6.45) is 6.44. The van der Waals surface area contributed by atoms with Gasteiger partial charge in [-0.1, -0.05) is 30.3 Å². The Hall–Kier alpha value is -2.60. The Balaban J connectivity index is 1.57. The second-order valence-corrected chi connectivity index (χ2v) is 6.93. The minimum atomic E-state index is -0.270. The molecule has 2 aromatic rings. The van der Waals surface area contributed by atoms with Gasteiger partial charge < -0.3 is 5.32 Å². The molecule has 1 aromatic heterocycles. The van der Waals surface area contributed by atoms with Gasteiger partial charge >= 0.3 is 0 Å². The Morgan fingerprint density at radius 2 is 1.62 bits per heavy atom. The summed E-state index contributed by atoms with van der Waals surface area (Å²) in [5, 5.41) is 3.28. The fourth-order valence-electron chi connectivity index (χ4n) is 3.35. The Morgan fingerprint density at radius 3 is 2.23 bits per heavy atom. The van der Waals surface area contributed by atoms with Crippen molar-refractivity contribution in [2.24, 2.45) is 5.92 Å². The van der Waals surface area contributed by atoms with Crippen molar-refractivity contribution in [1.29, 1.82) is 0 Å². The predicted octanol–water partition coefficient (Wildman–Crippen LogP) is 2.27. The van der Waals surface area contributed by atoms with E-state index in [4.69, 9.17) is 0 Å². The number of carbonyl (C=O) groups is 2. The number of hydrogen-bond acceptors (Lipinski definition) is 5. The van der Waals surface area contributed by atoms with E-state index in [1.165, 1.54) is 17.3 Å². The summed E-state index contributed by atoms with van der Waals surface area (Å²) in [6, 6.07) is 9.59. The van der Waals surface area contributed by atoms with Gasteiger partial charge in [0.05, 0.1) is 5.56 Å². The maximum absolute atomic E-state index is 13.1. The standard InChI is InChI=1S/C20H22N4O2/c25-19(15-6-7-15)24(17-8-10-21-11-9-17)20(26)16-12-22-18(23-13-16)14-4-2-1-3-5-14/h1-5,12-13,15,17,21H,6-11H2. The Bertz CT molecular complexity index is 781. The zero-order valence-electron chi connectivity index (χ0n) is 14.6. The summed E-state index contributed by atoms with van der Waals surface area (Å²) in [7, 11) is 0. The van der Waals surface area contributed by atoms with Crippen molar-refractivity contribution in [2.45, 2.75) is 31.7 Å². The number of nitrogens with one attached hydrogen (secondary N) is 1. The second-order valence-electron chi connectivity index (χ2n) is 6.93. The van der Waals surface area contributed by atoms with Gasteiger partial charge in [-0.3, -0.25) is 14.5 Å². The summed E-state index contributed by atoms with van der Waals surface area (Å²) < 4.78 is 0. The number of rotatable bonds is 4. The van der Waals surface area contributed by atoms with Crippen molar-refractivity contribution < 1.29 is 9.59 Å². The molecule has 0 unspecified atom stereocenters. The minimum absolute atomic E-state index is 0.0124. The molecule has 26 heavy (non-hydrogen) atoms. The molecule has 2 amide bonds. The average Bonchev–Trinajstić information content (AvgIpc) is 3.55. The van der Waals surface area contributed by atoms with E-state index in [9.17, 15) is 9.59 Å². The molecule has 0 radical (unpaired) electrons. The second kappa shape index (κ2) is 7.33. The Morgan fingerprint density at radius 1 is 0.962 bits per heavy atom. The van der Waals surface area contributed by atoms with Crippen molar-refractivity contribution in [3.63, 3.8) is 0 Å². The molecule has 1 aliphatic carbocycles. The summed E-state index contributed by atoms with van der Waals surface area (Å²) in [5.41, 5.74) is 1.27. The monoisotopic (exact) mass is 350 g/mol. The molecule has 4 rings (SSSR count). The number of benzene rings is 1. The number of imide groups is 1. The van der Waals surface area contributed by atoms with Crippen LogP contribution in [0.3, 0.4) is 0 Å². The van der Waals surface area contributed by atoms with E-state index in [1.807, 2.05) is 30.3 Å². The van der Waals surface area contributed by atoms with Crippen molar-refractivity contribution in [3.05, 3.63) is 48.3 Å². The van der Waals surface area contributed by atoms with Gasteiger partial charge in [0.1, 0.15) is 0 Å². The van der Waals surface area contributed by atoms with Gasteiger partial charge in [-0.2, -0.15) is 0 Å². The third kappa shape index (κ3) is 3.51. The summed E-state index contributed by atoms with van der Waals surface area (Å²) in [5.74, 6) is 0.282. The van der Waals surface area contributed by atoms with Crippen LogP contribution >= 0.6 is 0 Å². The predicted molar refractivity (Wildman–Crippen MR) is 97.3 cm³/mol. The molecule has 1 aliphatic heterocycles. The van der Waals surface area contributed by atoms with Gasteiger partial charge in [-0.25, -0.2) is 9.97 Å². The summed E-state index contributed by atoms with van der Waals surface area (Å²) in [6.45, 7) is 1.66. The van der Waals surface area contributed by atoms with Crippen LogP contribution in [0.1, 0.15) is 36.0 Å². The topological polar surface area (TPSA) is 75.2 Å². The quantitative estimate of drug-likeness (QED) is 0.856. The molecule has 2 heterocycles. The molecular weight excluding hydrogens is 328 g/mol. The first kappa shape index (κ1) is 16.8. The molecule has 0 bridgehead atoms. The van der Waals surface area contributed by atoms with Gasteiger partial charge in [0, 0.05) is 29.9 Å². The zero-order chi connectivity index (χ0) is 17.9. The SMILES string of the molecule is O=C(c1cnc(-c2ccccc2)nc1)N(C(=O)C1CC1)C1CCNCC1. The van der Waals surface area contributed by atoms with Crippen molar-refractivity contribution in [3.8, 4) is 11.4 Å². The average molecular weight is 350 g/mol. The van der Waals surface area contributed by atoms with Gasteiger partial charge in [-0.15, -0.1) is 0 Å². The summed E-state index contributed by atoms with van der Waals surface area (Å²) in [4.78, 5) is 36.0. The van der Waals surface area contributed by atoms with Crippen LogP contribution in [0.5, 0.6) is 0 Å². The van der Waals surface area contributed by atoms with E-state index in [-0.39, 0.29) is 23.8 Å². The van der Waals surface area contributed by atoms with Crippen LogP contribution in [-0.2, 0) is 4.79 Å². The largest absolute Gasteiger partial charge is 0.317 e. The highest BCUT2D eigenvalue weighted by atomic mass is 16.2. The van der Waals surface area contributed by atoms with E-state index in [0.717, 1.165) is 44.3 Å². The highest BCUT2D eigenvalue weighted by Crippen LogP contribution is 2.33. The first-order valence-corrected chi connectivity index (χ1v) is 9.19. The molecule has 2 aliphatic rings. The lowest BCUT2D eigenvalue weighted by Crippen LogP contribution is -2.49. The van der Waals surface area contributed by atoms with E-state index in [1.54, 1.807) is 0 Å². The molecule has 1 N–H and O–H groups in total. The third-order valence-electron chi connectivity index (χ3n) is 4.99. The molecule has 0 spiro atoms. The lowest BCUT2D eigenvalue weighted by molar-refractivity contribution is -0.132. The van der Waals surface area contributed by atoms with Gasteiger partial charge in [0.15, 0.2) is 5.82 Å². The van der Waals surface area contributed by atoms with E-state index < -0.39 is 0 Å². The molecule has 6 heteroatoms. The Kier molecular flexibility index (Phi) is 4.75.